The van der Waals surface area contributed by atoms with E-state index in [0.717, 1.165) is 0 Å². The van der Waals surface area contributed by atoms with E-state index < -0.39 is 130 Å². The summed E-state index contributed by atoms with van der Waals surface area (Å²) in [4.78, 5) is 0. The molecule has 648 valence electrons. The lowest BCUT2D eigenvalue weighted by atomic mass is 9.36. The molecule has 0 saturated heterocycles. The Balaban J connectivity index is 7.12. The van der Waals surface area contributed by atoms with Gasteiger partial charge in [-0.15, -0.1) is 0 Å². The van der Waals surface area contributed by atoms with Crippen molar-refractivity contribution in [2.45, 2.75) is 229 Å². The van der Waals surface area contributed by atoms with E-state index in [1.54, 1.807) is 0 Å². The molecular formula is C60H132O18S24Si6. The van der Waals surface area contributed by atoms with Gasteiger partial charge < -0.3 is 79.7 Å². The molecule has 1 aliphatic carbocycles. The van der Waals surface area contributed by atoms with Gasteiger partial charge in [-0.2, -0.15) is 303 Å². The predicted molar refractivity (Wildman–Crippen MR) is 542 cm³/mol. The van der Waals surface area contributed by atoms with Crippen LogP contribution in [0.2, 0.25) is 36.3 Å². The Morgan fingerprint density at radius 1 is 0.185 bits per heavy atom. The fourth-order valence-electron chi connectivity index (χ4n) is 15.2. The number of hydrogen-bond donors (Lipinski definition) is 24. The van der Waals surface area contributed by atoms with Crippen LogP contribution in [0.5, 0.6) is 0 Å². The minimum atomic E-state index is -4.31. The Morgan fingerprint density at radius 2 is 0.287 bits per heavy atom. The molecule has 1 aliphatic rings. The van der Waals surface area contributed by atoms with Crippen LogP contribution in [0, 0.1) is 16.2 Å². The van der Waals surface area contributed by atoms with Crippen molar-refractivity contribution < 1.29 is 79.7 Å². The third-order valence-electron chi connectivity index (χ3n) is 18.5. The van der Waals surface area contributed by atoms with Crippen molar-refractivity contribution in [2.75, 3.05) is 119 Å². The zero-order valence-corrected chi connectivity index (χ0v) is 93.1. The van der Waals surface area contributed by atoms with Gasteiger partial charge in [0.25, 0.3) is 0 Å². The van der Waals surface area contributed by atoms with Gasteiger partial charge in [-0.1, -0.05) is 6.42 Å². The fourth-order valence-corrected chi connectivity index (χ4v) is 50.4. The first-order valence-corrected chi connectivity index (χ1v) is 58.7. The van der Waals surface area contributed by atoms with Crippen molar-refractivity contribution in [3.05, 3.63) is 0 Å². The predicted octanol–water partition coefficient (Wildman–Crippen LogP) is 17.1. The van der Waals surface area contributed by atoms with Crippen molar-refractivity contribution in [1.82, 2.24) is 0 Å². The molecule has 0 aromatic rings. The molecule has 0 aliphatic heterocycles. The average molecular weight is 2080 g/mol. The molecule has 0 spiro atoms. The summed E-state index contributed by atoms with van der Waals surface area (Å²) in [5.41, 5.74) is -8.24. The molecule has 108 heavy (non-hydrogen) atoms. The summed E-state index contributed by atoms with van der Waals surface area (Å²) in [5.74, 6) is 0. The number of hydrogen-bond acceptors (Lipinski definition) is 42. The van der Waals surface area contributed by atoms with Gasteiger partial charge in [0.15, 0.2) is 0 Å². The van der Waals surface area contributed by atoms with E-state index in [2.05, 4.69) is 0 Å². The summed E-state index contributed by atoms with van der Waals surface area (Å²) in [5, 5.41) is 0. The molecular weight excluding hydrogens is 1950 g/mol. The molecule has 48 heteroatoms. The topological polar surface area (TPSA) is 166 Å². The third-order valence-corrected chi connectivity index (χ3v) is 60.1. The molecule has 0 aromatic heterocycles. The standard InChI is InChI=1S/C60H132O18S24Si6/c1-19-61-103(62-20-2,63-21-3)40-48(79,80)55(91,92)46(56(93,94)49(81,82)41-104(64-22-4,65-23-5)66-24-6)38-37-39-47(57(95,96)50(83,84)42-105(67-25-7,68-26-8)69-27-9,58(97,98)51(85,86)43-106(70-28-10,71-29-11)72-30-12)54(46,59(99,100)52(87,88)44-107(73-31-13,74-32-14)75-33-15)60(101,102)53(89,90)45-108(76-34-16,77-35-17)78-36-18/h79-102H,19-45H2,1-18H3. The molecule has 0 radical (unpaired) electrons. The molecule has 1 rings (SSSR count). The minimum Gasteiger partial charge on any atom is -0.374 e. The highest BCUT2D eigenvalue weighted by Gasteiger charge is 2.96. The summed E-state index contributed by atoms with van der Waals surface area (Å²) >= 11 is 148. The van der Waals surface area contributed by atoms with Crippen LogP contribution in [-0.2, 0) is 79.7 Å². The fraction of sp³-hybridized carbons (Fsp3) is 1.00. The summed E-state index contributed by atoms with van der Waals surface area (Å²) < 4.78 is 94.6. The van der Waals surface area contributed by atoms with Gasteiger partial charge in [0, 0.05) is 171 Å². The van der Waals surface area contributed by atoms with Gasteiger partial charge in [0.2, 0.25) is 0 Å². The third kappa shape index (κ3) is 23.7. The van der Waals surface area contributed by atoms with E-state index in [-0.39, 0.29) is 162 Å². The molecule has 1 fully saturated rings. The van der Waals surface area contributed by atoms with Crippen LogP contribution in [0.4, 0.5) is 0 Å². The monoisotopic (exact) mass is 2080 g/mol. The molecule has 0 atom stereocenters. The van der Waals surface area contributed by atoms with E-state index in [0.29, 0.717) is 0 Å². The SMILES string of the molecule is CCO[Si](CC(S)(S)C(S)(S)C1(C(S)(S)C(S)(S)C[Si](OCC)(OCC)OCC)CCCC(C(S)(S)C(S)(S)C[Si](OCC)(OCC)OCC)(C(S)(S)C(S)(S)C[Si](OCC)(OCC)OCC)C1(C(S)(S)C(S)(S)C[Si](OCC)(OCC)OCC)C(S)(S)C(S)(S)C[Si](OCC)(OCC)OCC)(OCC)OCC. The molecule has 0 unspecified atom stereocenters. The van der Waals surface area contributed by atoms with Crippen LogP contribution in [0.1, 0.15) is 144 Å². The summed E-state index contributed by atoms with van der Waals surface area (Å²) in [6.07, 6.45) is -0.669. The molecule has 1 saturated carbocycles. The number of thiol groups is 24. The summed E-state index contributed by atoms with van der Waals surface area (Å²) in [6.45, 7) is 34.2. The molecule has 0 amide bonds. The maximum absolute atomic E-state index is 6.90. The summed E-state index contributed by atoms with van der Waals surface area (Å²) in [7, 11) is -25.5. The van der Waals surface area contributed by atoms with Crippen LogP contribution >= 0.6 is 303 Å². The first-order valence-electron chi connectivity index (χ1n) is 36.4. The Labute approximate surface area is 790 Å². The second-order valence-corrected chi connectivity index (χ2v) is 62.3. The maximum atomic E-state index is 6.90. The van der Waals surface area contributed by atoms with Crippen molar-refractivity contribution >= 4 is 356 Å². The van der Waals surface area contributed by atoms with E-state index in [1.807, 2.05) is 125 Å². The minimum absolute atomic E-state index is 0.0624. The maximum Gasteiger partial charge on any atom is 0.503 e. The van der Waals surface area contributed by atoms with Crippen molar-refractivity contribution in [2.24, 2.45) is 16.2 Å². The molecule has 0 bridgehead atoms. The Kier molecular flexibility index (Phi) is 50.4. The highest BCUT2D eigenvalue weighted by Crippen LogP contribution is 2.93. The highest BCUT2D eigenvalue weighted by molar-refractivity contribution is 8.13. The zero-order valence-electron chi connectivity index (χ0n) is 65.7. The van der Waals surface area contributed by atoms with Gasteiger partial charge in [-0.3, -0.25) is 0 Å². The van der Waals surface area contributed by atoms with Crippen LogP contribution in [-0.4, -0.2) is 221 Å². The average Bonchev–Trinajstić information content (AvgIpc) is 0.613. The molecule has 0 N–H and O–H groups in total. The van der Waals surface area contributed by atoms with Gasteiger partial charge >= 0.3 is 52.8 Å². The number of rotatable bonds is 60. The van der Waals surface area contributed by atoms with Crippen LogP contribution in [0.3, 0.4) is 0 Å². The van der Waals surface area contributed by atoms with Crippen molar-refractivity contribution in [1.29, 1.82) is 0 Å². The quantitative estimate of drug-likeness (QED) is 0.0158. The van der Waals surface area contributed by atoms with Gasteiger partial charge in [0.05, 0.1) is 48.9 Å². The van der Waals surface area contributed by atoms with Gasteiger partial charge in [-0.05, 0) is 137 Å². The lowest BCUT2D eigenvalue weighted by Crippen LogP contribution is -2.91. The Bertz CT molecular complexity index is 2270. The van der Waals surface area contributed by atoms with E-state index >= 15 is 0 Å². The first-order chi connectivity index (χ1) is 49.5. The first kappa shape index (κ1) is 115. The highest BCUT2D eigenvalue weighted by atomic mass is 32.2. The Morgan fingerprint density at radius 3 is 0.389 bits per heavy atom. The van der Waals surface area contributed by atoms with Crippen LogP contribution < -0.4 is 0 Å². The second-order valence-electron chi connectivity index (χ2n) is 25.3. The largest absolute Gasteiger partial charge is 0.503 e. The van der Waals surface area contributed by atoms with Crippen LogP contribution in [0.25, 0.3) is 0 Å². The van der Waals surface area contributed by atoms with E-state index in [1.165, 1.54) is 0 Å². The van der Waals surface area contributed by atoms with E-state index in [9.17, 15) is 0 Å². The van der Waals surface area contributed by atoms with Gasteiger partial charge in [0.1, 0.15) is 0 Å². The van der Waals surface area contributed by atoms with Gasteiger partial charge in [-0.25, -0.2) is 0 Å². The lowest BCUT2D eigenvalue weighted by molar-refractivity contribution is -0.171. The Hall–Kier alpha value is 8.98. The molecule has 0 aromatic carbocycles. The summed E-state index contributed by atoms with van der Waals surface area (Å²) in [6, 6.07) is -2.20. The smallest absolute Gasteiger partial charge is 0.374 e. The lowest BCUT2D eigenvalue weighted by Gasteiger charge is -2.85. The molecule has 18 nitrogen and oxygen atoms in total. The van der Waals surface area contributed by atoms with Crippen LogP contribution in [0.15, 0.2) is 0 Å². The molecule has 0 heterocycles. The van der Waals surface area contributed by atoms with Crippen molar-refractivity contribution in [3.8, 4) is 0 Å². The van der Waals surface area contributed by atoms with E-state index in [4.69, 9.17) is 383 Å². The van der Waals surface area contributed by atoms with Crippen molar-refractivity contribution in [3.63, 3.8) is 0 Å². The second kappa shape index (κ2) is 47.3. The normalized spacial score (nSPS) is 17.2. The zero-order chi connectivity index (χ0) is 84.3.